The van der Waals surface area contributed by atoms with Crippen molar-refractivity contribution in [1.29, 1.82) is 0 Å². The lowest BCUT2D eigenvalue weighted by atomic mass is 9.92. The summed E-state index contributed by atoms with van der Waals surface area (Å²) in [6.45, 7) is 0. The number of pyridine rings is 1. The van der Waals surface area contributed by atoms with Crippen LogP contribution in [0.15, 0.2) is 199 Å². The van der Waals surface area contributed by atoms with Crippen molar-refractivity contribution in [1.82, 2.24) is 19.9 Å². The van der Waals surface area contributed by atoms with Gasteiger partial charge in [0.05, 0.1) is 5.69 Å². The van der Waals surface area contributed by atoms with Crippen molar-refractivity contribution in [3.05, 3.63) is 194 Å². The second kappa shape index (κ2) is 13.3. The SMILES string of the molecule is c1ccc(-c2nc(-c3ccc(-c4ccc5c6ccccc6c6ccccc6c5c4)cc3)nc(-c3ccc(-c4nc5c6ccccc6oc5c5ccccc45)cc3)n2)cc1. The topological polar surface area (TPSA) is 64.7 Å². The van der Waals surface area contributed by atoms with E-state index in [1.165, 1.54) is 32.3 Å². The Kier molecular flexibility index (Phi) is 7.47. The summed E-state index contributed by atoms with van der Waals surface area (Å²) in [6, 6.07) is 67.6. The van der Waals surface area contributed by atoms with Crippen LogP contribution < -0.4 is 0 Å². The predicted octanol–water partition coefficient (Wildman–Crippen LogP) is 14.1. The van der Waals surface area contributed by atoms with Gasteiger partial charge in [0.15, 0.2) is 23.1 Å². The van der Waals surface area contributed by atoms with Crippen molar-refractivity contribution < 1.29 is 4.42 Å². The van der Waals surface area contributed by atoms with Gasteiger partial charge < -0.3 is 4.42 Å². The maximum absolute atomic E-state index is 6.32. The van der Waals surface area contributed by atoms with Crippen molar-refractivity contribution in [2.45, 2.75) is 0 Å². The number of aromatic nitrogens is 4. The van der Waals surface area contributed by atoms with E-state index in [2.05, 4.69) is 133 Å². The first-order chi connectivity index (χ1) is 29.2. The summed E-state index contributed by atoms with van der Waals surface area (Å²) >= 11 is 0. The molecule has 12 aromatic rings. The lowest BCUT2D eigenvalue weighted by Gasteiger charge is -2.12. The Bertz CT molecular complexity index is 3560. The summed E-state index contributed by atoms with van der Waals surface area (Å²) in [5.74, 6) is 1.84. The lowest BCUT2D eigenvalue weighted by Crippen LogP contribution is -2.00. The van der Waals surface area contributed by atoms with Gasteiger partial charge in [-0.1, -0.05) is 176 Å². The molecule has 3 heterocycles. The normalized spacial score (nSPS) is 11.7. The van der Waals surface area contributed by atoms with Gasteiger partial charge in [0.2, 0.25) is 0 Å². The summed E-state index contributed by atoms with van der Waals surface area (Å²) < 4.78 is 6.32. The van der Waals surface area contributed by atoms with E-state index in [1.807, 2.05) is 60.7 Å². The van der Waals surface area contributed by atoms with E-state index in [0.717, 1.165) is 71.9 Å². The van der Waals surface area contributed by atoms with Crippen LogP contribution in [0.25, 0.3) is 122 Å². The van der Waals surface area contributed by atoms with Gasteiger partial charge in [-0.3, -0.25) is 0 Å². The van der Waals surface area contributed by atoms with Crippen LogP contribution in [-0.2, 0) is 0 Å². The second-order valence-electron chi connectivity index (χ2n) is 15.0. The van der Waals surface area contributed by atoms with Crippen molar-refractivity contribution in [2.75, 3.05) is 0 Å². The highest BCUT2D eigenvalue weighted by atomic mass is 16.3. The Labute approximate surface area is 338 Å². The minimum atomic E-state index is 0.604. The van der Waals surface area contributed by atoms with Gasteiger partial charge in [-0.05, 0) is 61.6 Å². The van der Waals surface area contributed by atoms with E-state index < -0.39 is 0 Å². The number of fused-ring (bicyclic) bond motifs is 11. The number of hydrogen-bond acceptors (Lipinski definition) is 5. The zero-order valence-electron chi connectivity index (χ0n) is 31.7. The molecule has 59 heavy (non-hydrogen) atoms. The van der Waals surface area contributed by atoms with Crippen LogP contribution in [-0.4, -0.2) is 19.9 Å². The van der Waals surface area contributed by atoms with Crippen molar-refractivity contribution in [2.24, 2.45) is 0 Å². The molecule has 0 saturated carbocycles. The summed E-state index contributed by atoms with van der Waals surface area (Å²) in [6.07, 6.45) is 0. The van der Waals surface area contributed by atoms with Crippen molar-refractivity contribution >= 4 is 65.2 Å². The quantitative estimate of drug-likeness (QED) is 0.164. The summed E-state index contributed by atoms with van der Waals surface area (Å²) in [5, 5.41) is 10.7. The van der Waals surface area contributed by atoms with Crippen LogP contribution in [0.3, 0.4) is 0 Å². The van der Waals surface area contributed by atoms with Crippen LogP contribution >= 0.6 is 0 Å². The molecule has 0 aliphatic rings. The van der Waals surface area contributed by atoms with E-state index in [4.69, 9.17) is 24.4 Å². The first kappa shape index (κ1) is 33.2. The molecule has 3 aromatic heterocycles. The Morgan fingerprint density at radius 3 is 1.31 bits per heavy atom. The highest BCUT2D eigenvalue weighted by Gasteiger charge is 2.18. The number of nitrogens with zero attached hydrogens (tertiary/aromatic N) is 4. The zero-order valence-corrected chi connectivity index (χ0v) is 31.7. The van der Waals surface area contributed by atoms with Gasteiger partial charge >= 0.3 is 0 Å². The fourth-order valence-corrected chi connectivity index (χ4v) is 8.63. The molecule has 5 heteroatoms. The third-order valence-corrected chi connectivity index (χ3v) is 11.5. The maximum atomic E-state index is 6.32. The van der Waals surface area contributed by atoms with E-state index >= 15 is 0 Å². The summed E-state index contributed by atoms with van der Waals surface area (Å²) in [4.78, 5) is 20.3. The number of hydrogen-bond donors (Lipinski definition) is 0. The van der Waals surface area contributed by atoms with Gasteiger partial charge in [-0.15, -0.1) is 0 Å². The molecule has 0 aliphatic carbocycles. The largest absolute Gasteiger partial charge is 0.454 e. The zero-order chi connectivity index (χ0) is 38.9. The Hall–Kier alpha value is -8.02. The second-order valence-corrected chi connectivity index (χ2v) is 15.0. The fourth-order valence-electron chi connectivity index (χ4n) is 8.63. The molecule has 0 atom stereocenters. The highest BCUT2D eigenvalue weighted by molar-refractivity contribution is 6.25. The Morgan fingerprint density at radius 1 is 0.271 bits per heavy atom. The standard InChI is InChI=1S/C54H32N4O/c1-2-12-35(13-3-1)52-56-53(36-26-22-33(23-27-36)38-30-31-43-41-16-5-4-14-39(41)40-15-6-7-17-42(40)47(43)32-38)58-54(57-52)37-28-24-34(25-29-37)49-44-18-8-9-19-45(44)51-50(55-49)46-20-10-11-21-48(46)59-51/h1-32H. The molecule has 0 spiro atoms. The van der Waals surface area contributed by atoms with Crippen molar-refractivity contribution in [3.63, 3.8) is 0 Å². The molecule has 9 aromatic carbocycles. The molecule has 0 unspecified atom stereocenters. The van der Waals surface area contributed by atoms with Crippen molar-refractivity contribution in [3.8, 4) is 56.5 Å². The molecule has 0 bridgehead atoms. The number of furan rings is 1. The van der Waals surface area contributed by atoms with Gasteiger partial charge in [-0.2, -0.15) is 0 Å². The van der Waals surface area contributed by atoms with E-state index in [1.54, 1.807) is 0 Å². The average Bonchev–Trinajstić information content (AvgIpc) is 3.70. The minimum Gasteiger partial charge on any atom is -0.454 e. The molecule has 0 aliphatic heterocycles. The fraction of sp³-hybridized carbons (Fsp3) is 0. The highest BCUT2D eigenvalue weighted by Crippen LogP contribution is 2.39. The lowest BCUT2D eigenvalue weighted by molar-refractivity contribution is 0.672. The Morgan fingerprint density at radius 2 is 0.695 bits per heavy atom. The smallest absolute Gasteiger partial charge is 0.164 e. The van der Waals surface area contributed by atoms with Gasteiger partial charge in [0.25, 0.3) is 0 Å². The third-order valence-electron chi connectivity index (χ3n) is 11.5. The number of para-hydroxylation sites is 1. The molecule has 0 amide bonds. The monoisotopic (exact) mass is 752 g/mol. The van der Waals surface area contributed by atoms with Crippen LogP contribution in [0.2, 0.25) is 0 Å². The summed E-state index contributed by atoms with van der Waals surface area (Å²) in [5.41, 5.74) is 9.43. The van der Waals surface area contributed by atoms with Crippen LogP contribution in [0.1, 0.15) is 0 Å². The molecule has 274 valence electrons. The molecule has 0 N–H and O–H groups in total. The molecule has 12 rings (SSSR count). The van der Waals surface area contributed by atoms with Crippen LogP contribution in [0, 0.1) is 0 Å². The number of benzene rings is 9. The molecule has 0 fully saturated rings. The maximum Gasteiger partial charge on any atom is 0.164 e. The van der Waals surface area contributed by atoms with Gasteiger partial charge in [0, 0.05) is 38.4 Å². The first-order valence-electron chi connectivity index (χ1n) is 19.8. The van der Waals surface area contributed by atoms with Gasteiger partial charge in [0.1, 0.15) is 11.1 Å². The van der Waals surface area contributed by atoms with Gasteiger partial charge in [-0.25, -0.2) is 19.9 Å². The van der Waals surface area contributed by atoms with E-state index in [-0.39, 0.29) is 0 Å². The Balaban J connectivity index is 0.936. The molecular formula is C54H32N4O. The van der Waals surface area contributed by atoms with E-state index in [0.29, 0.717) is 17.5 Å². The van der Waals surface area contributed by atoms with Crippen LogP contribution in [0.4, 0.5) is 0 Å². The summed E-state index contributed by atoms with van der Waals surface area (Å²) in [7, 11) is 0. The average molecular weight is 753 g/mol. The molecular weight excluding hydrogens is 721 g/mol. The molecule has 0 saturated heterocycles. The number of rotatable bonds is 5. The molecule has 0 radical (unpaired) electrons. The predicted molar refractivity (Wildman–Crippen MR) is 242 cm³/mol. The molecule has 5 nitrogen and oxygen atoms in total. The minimum absolute atomic E-state index is 0.604. The first-order valence-corrected chi connectivity index (χ1v) is 19.8. The van der Waals surface area contributed by atoms with Crippen LogP contribution in [0.5, 0.6) is 0 Å². The third kappa shape index (κ3) is 5.47. The van der Waals surface area contributed by atoms with E-state index in [9.17, 15) is 0 Å².